The number of halogens is 1. The van der Waals surface area contributed by atoms with Crippen molar-refractivity contribution in [3.05, 3.63) is 75.2 Å². The lowest BCUT2D eigenvalue weighted by atomic mass is 9.75. The summed E-state index contributed by atoms with van der Waals surface area (Å²) >= 11 is 6.54. The molecule has 3 rings (SSSR count). The van der Waals surface area contributed by atoms with Gasteiger partial charge in [0.05, 0.1) is 21.3 Å². The van der Waals surface area contributed by atoms with Gasteiger partial charge in [0.1, 0.15) is 12.4 Å². The molecule has 3 N–H and O–H groups in total. The molecule has 2 heterocycles. The van der Waals surface area contributed by atoms with Crippen LogP contribution in [-0.2, 0) is 11.0 Å². The van der Waals surface area contributed by atoms with Crippen LogP contribution in [0.2, 0.25) is 5.02 Å². The highest BCUT2D eigenvalue weighted by Crippen LogP contribution is 2.44. The molecule has 190 valence electrons. The molecule has 1 saturated heterocycles. The number of amides is 1. The van der Waals surface area contributed by atoms with Crippen molar-refractivity contribution in [1.29, 1.82) is 0 Å². The Labute approximate surface area is 214 Å². The SMILES string of the molecule is C=CCOc1cc(C)c(Cl)cc1[C@H](CC(C)(C)S(N)=O)C1CCN(C(=O)c2ccc(=O)[nH]c2)CC1. The summed E-state index contributed by atoms with van der Waals surface area (Å²) in [6.45, 7) is 11.0. The number of H-pyrrole nitrogens is 1. The number of likely N-dealkylation sites (tertiary alicyclic amines) is 1. The fourth-order valence-corrected chi connectivity index (χ4v) is 5.12. The molecule has 1 unspecified atom stereocenters. The van der Waals surface area contributed by atoms with Gasteiger partial charge in [-0.3, -0.25) is 14.7 Å². The van der Waals surface area contributed by atoms with E-state index in [-0.39, 0.29) is 23.3 Å². The second-order valence-corrected chi connectivity index (χ2v) is 11.8. The molecule has 1 aliphatic rings. The third-order valence-corrected chi connectivity index (χ3v) is 8.39. The molecule has 35 heavy (non-hydrogen) atoms. The number of ether oxygens (including phenoxy) is 1. The highest BCUT2D eigenvalue weighted by Gasteiger charge is 2.37. The van der Waals surface area contributed by atoms with E-state index in [1.807, 2.05) is 37.8 Å². The Bertz CT molecular complexity index is 1140. The van der Waals surface area contributed by atoms with Gasteiger partial charge in [-0.2, -0.15) is 0 Å². The van der Waals surface area contributed by atoms with E-state index in [4.69, 9.17) is 21.5 Å². The quantitative estimate of drug-likeness (QED) is 0.481. The van der Waals surface area contributed by atoms with Gasteiger partial charge in [-0.15, -0.1) is 0 Å². The van der Waals surface area contributed by atoms with Crippen molar-refractivity contribution in [3.8, 4) is 5.75 Å². The van der Waals surface area contributed by atoms with E-state index < -0.39 is 15.7 Å². The van der Waals surface area contributed by atoms with Crippen LogP contribution in [-0.4, -0.2) is 44.4 Å². The van der Waals surface area contributed by atoms with Crippen LogP contribution in [0, 0.1) is 12.8 Å². The zero-order chi connectivity index (χ0) is 25.8. The van der Waals surface area contributed by atoms with Gasteiger partial charge < -0.3 is 14.6 Å². The summed E-state index contributed by atoms with van der Waals surface area (Å²) in [4.78, 5) is 28.6. The zero-order valence-corrected chi connectivity index (χ0v) is 22.1. The molecular weight excluding hydrogens is 486 g/mol. The van der Waals surface area contributed by atoms with E-state index in [0.29, 0.717) is 36.7 Å². The summed E-state index contributed by atoms with van der Waals surface area (Å²) in [6, 6.07) is 6.80. The molecule has 7 nitrogen and oxygen atoms in total. The van der Waals surface area contributed by atoms with Crippen LogP contribution >= 0.6 is 11.6 Å². The average molecular weight is 520 g/mol. The monoisotopic (exact) mass is 519 g/mol. The summed E-state index contributed by atoms with van der Waals surface area (Å²) in [5.41, 5.74) is 2.10. The Morgan fingerprint density at radius 3 is 2.63 bits per heavy atom. The molecule has 0 radical (unpaired) electrons. The average Bonchev–Trinajstić information content (AvgIpc) is 2.83. The minimum absolute atomic E-state index is 0.0132. The Morgan fingerprint density at radius 1 is 1.37 bits per heavy atom. The minimum Gasteiger partial charge on any atom is -0.489 e. The summed E-state index contributed by atoms with van der Waals surface area (Å²) in [7, 11) is -1.52. The Balaban J connectivity index is 1.89. The van der Waals surface area contributed by atoms with Gasteiger partial charge in [0, 0.05) is 30.4 Å². The summed E-state index contributed by atoms with van der Waals surface area (Å²) in [6.07, 6.45) is 5.26. The zero-order valence-electron chi connectivity index (χ0n) is 20.5. The number of benzene rings is 1. The van der Waals surface area contributed by atoms with Crippen LogP contribution in [0.3, 0.4) is 0 Å². The molecule has 1 aromatic heterocycles. The maximum Gasteiger partial charge on any atom is 0.255 e. The highest BCUT2D eigenvalue weighted by atomic mass is 35.5. The smallest absolute Gasteiger partial charge is 0.255 e. The number of nitrogens with one attached hydrogen (secondary N) is 1. The van der Waals surface area contributed by atoms with Crippen molar-refractivity contribution in [2.75, 3.05) is 19.7 Å². The van der Waals surface area contributed by atoms with E-state index in [9.17, 15) is 13.8 Å². The number of aromatic amines is 1. The van der Waals surface area contributed by atoms with E-state index in [2.05, 4.69) is 11.6 Å². The third kappa shape index (κ3) is 6.63. The molecule has 0 spiro atoms. The predicted molar refractivity (Wildman–Crippen MR) is 141 cm³/mol. The third-order valence-electron chi connectivity index (χ3n) is 6.73. The van der Waals surface area contributed by atoms with Crippen LogP contribution in [0.4, 0.5) is 0 Å². The second kappa shape index (κ2) is 11.5. The normalized spacial score (nSPS) is 16.5. The van der Waals surface area contributed by atoms with Crippen molar-refractivity contribution in [1.82, 2.24) is 9.88 Å². The lowest BCUT2D eigenvalue weighted by Crippen LogP contribution is -2.41. The molecule has 2 atom stereocenters. The molecule has 0 saturated carbocycles. The van der Waals surface area contributed by atoms with Gasteiger partial charge in [-0.25, -0.2) is 4.21 Å². The lowest BCUT2D eigenvalue weighted by molar-refractivity contribution is 0.0672. The standard InChI is InChI=1S/C26H34ClN3O4S/c1-5-12-34-23-13-17(2)22(27)14-20(23)21(15-26(3,4)35(28)33)18-8-10-30(11-9-18)25(32)19-6-7-24(31)29-16-19/h5-7,13-14,16,18,21H,1,8-12,15,28H2,2-4H3,(H,29,31)/t21-,35?/m1/s1. The Morgan fingerprint density at radius 2 is 2.06 bits per heavy atom. The predicted octanol–water partition coefficient (Wildman–Crippen LogP) is 4.33. The largest absolute Gasteiger partial charge is 0.489 e. The number of nitrogens with zero attached hydrogens (tertiary/aromatic N) is 1. The van der Waals surface area contributed by atoms with Gasteiger partial charge in [0.25, 0.3) is 5.91 Å². The van der Waals surface area contributed by atoms with Crippen molar-refractivity contribution in [3.63, 3.8) is 0 Å². The topological polar surface area (TPSA) is 105 Å². The van der Waals surface area contributed by atoms with E-state index in [0.717, 1.165) is 29.7 Å². The van der Waals surface area contributed by atoms with E-state index >= 15 is 0 Å². The molecule has 1 amide bonds. The second-order valence-electron chi connectivity index (χ2n) is 9.68. The number of aryl methyl sites for hydroxylation is 1. The molecule has 1 fully saturated rings. The molecule has 1 aliphatic heterocycles. The van der Waals surface area contributed by atoms with Gasteiger partial charge in [-0.1, -0.05) is 24.3 Å². The molecule has 0 aliphatic carbocycles. The number of pyridine rings is 1. The molecule has 1 aromatic carbocycles. The van der Waals surface area contributed by atoms with Crippen LogP contribution < -0.4 is 15.4 Å². The first-order chi connectivity index (χ1) is 16.5. The first kappa shape index (κ1) is 27.2. The van der Waals surface area contributed by atoms with Gasteiger partial charge in [0.2, 0.25) is 5.56 Å². The van der Waals surface area contributed by atoms with Crippen molar-refractivity contribution < 1.29 is 13.7 Å². The van der Waals surface area contributed by atoms with Crippen molar-refractivity contribution in [2.24, 2.45) is 11.1 Å². The van der Waals surface area contributed by atoms with Crippen LogP contribution in [0.1, 0.15) is 60.5 Å². The fraction of sp³-hybridized carbons (Fsp3) is 0.462. The Hall–Kier alpha value is -2.42. The highest BCUT2D eigenvalue weighted by molar-refractivity contribution is 7.84. The first-order valence-corrected chi connectivity index (χ1v) is 13.3. The molecule has 9 heteroatoms. The number of rotatable bonds is 9. The summed E-state index contributed by atoms with van der Waals surface area (Å²) in [5, 5.41) is 6.51. The number of aromatic nitrogens is 1. The maximum atomic E-state index is 12.9. The number of hydrogen-bond acceptors (Lipinski definition) is 4. The Kier molecular flexibility index (Phi) is 8.96. The van der Waals surface area contributed by atoms with Crippen molar-refractivity contribution in [2.45, 2.75) is 50.7 Å². The number of nitrogens with two attached hydrogens (primary N) is 1. The van der Waals surface area contributed by atoms with Crippen LogP contribution in [0.5, 0.6) is 5.75 Å². The minimum atomic E-state index is -1.52. The van der Waals surface area contributed by atoms with E-state index in [1.54, 1.807) is 12.1 Å². The maximum absolute atomic E-state index is 12.9. The summed E-state index contributed by atoms with van der Waals surface area (Å²) < 4.78 is 17.7. The van der Waals surface area contributed by atoms with Gasteiger partial charge in [-0.05, 0) is 81.2 Å². The van der Waals surface area contributed by atoms with Crippen LogP contribution in [0.25, 0.3) is 0 Å². The van der Waals surface area contributed by atoms with E-state index in [1.165, 1.54) is 12.3 Å². The number of carbonyl (C=O) groups excluding carboxylic acids is 1. The van der Waals surface area contributed by atoms with Gasteiger partial charge >= 0.3 is 0 Å². The number of hydrogen-bond donors (Lipinski definition) is 2. The first-order valence-electron chi connectivity index (χ1n) is 11.7. The lowest BCUT2D eigenvalue weighted by Gasteiger charge is -2.39. The fourth-order valence-electron chi connectivity index (χ4n) is 4.61. The van der Waals surface area contributed by atoms with Crippen LogP contribution in [0.15, 0.2) is 47.9 Å². The molecule has 0 bridgehead atoms. The van der Waals surface area contributed by atoms with Crippen molar-refractivity contribution >= 4 is 28.5 Å². The number of piperidine rings is 1. The molecular formula is C26H34ClN3O4S. The molecule has 2 aromatic rings. The number of carbonyl (C=O) groups is 1. The summed E-state index contributed by atoms with van der Waals surface area (Å²) in [5.74, 6) is 0.832. The van der Waals surface area contributed by atoms with Gasteiger partial charge in [0.15, 0.2) is 0 Å².